The fraction of sp³-hybridized carbons (Fsp3) is 0.353. The Morgan fingerprint density at radius 1 is 1.24 bits per heavy atom. The number of ether oxygens (including phenoxy) is 1. The second-order valence-electron chi connectivity index (χ2n) is 5.46. The highest BCUT2D eigenvalue weighted by molar-refractivity contribution is 6.31. The van der Waals surface area contributed by atoms with E-state index in [4.69, 9.17) is 21.4 Å². The van der Waals surface area contributed by atoms with Crippen LogP contribution in [-0.2, 0) is 17.7 Å². The second kappa shape index (κ2) is 8.75. The molecule has 1 aromatic carbocycles. The molecule has 7 nitrogen and oxygen atoms in total. The van der Waals surface area contributed by atoms with Gasteiger partial charge in [0, 0.05) is 42.3 Å². The lowest BCUT2D eigenvalue weighted by atomic mass is 10.2. The highest BCUT2D eigenvalue weighted by Gasteiger charge is 2.09. The lowest BCUT2D eigenvalue weighted by molar-refractivity contribution is 0.0992. The highest BCUT2D eigenvalue weighted by Crippen LogP contribution is 2.24. The Kier molecular flexibility index (Phi) is 6.16. The third kappa shape index (κ3) is 4.88. The van der Waals surface area contributed by atoms with E-state index in [0.29, 0.717) is 31.2 Å². The van der Waals surface area contributed by atoms with Crippen molar-refractivity contribution in [3.05, 3.63) is 47.8 Å². The van der Waals surface area contributed by atoms with Crippen LogP contribution in [0.2, 0.25) is 5.02 Å². The van der Waals surface area contributed by atoms with Gasteiger partial charge in [-0.2, -0.15) is 0 Å². The summed E-state index contributed by atoms with van der Waals surface area (Å²) >= 11 is 6.12. The van der Waals surface area contributed by atoms with Crippen LogP contribution < -0.4 is 5.32 Å². The van der Waals surface area contributed by atoms with Gasteiger partial charge < -0.3 is 19.7 Å². The fourth-order valence-electron chi connectivity index (χ4n) is 2.45. The van der Waals surface area contributed by atoms with Gasteiger partial charge in [0.2, 0.25) is 0 Å². The first-order chi connectivity index (χ1) is 12.3. The van der Waals surface area contributed by atoms with Crippen molar-refractivity contribution in [2.45, 2.75) is 13.0 Å². The third-order valence-corrected chi connectivity index (χ3v) is 3.87. The van der Waals surface area contributed by atoms with E-state index in [0.717, 1.165) is 29.1 Å². The first-order valence-corrected chi connectivity index (χ1v) is 8.48. The SMILES string of the molecule is OCCOCCNc1nc(CCn2ccnc2)nc2ccc(Cl)cc12. The summed E-state index contributed by atoms with van der Waals surface area (Å²) < 4.78 is 7.27. The average molecular weight is 362 g/mol. The van der Waals surface area contributed by atoms with Gasteiger partial charge in [0.05, 0.1) is 31.7 Å². The van der Waals surface area contributed by atoms with Crippen molar-refractivity contribution in [1.29, 1.82) is 0 Å². The molecule has 0 atom stereocenters. The van der Waals surface area contributed by atoms with Crippen LogP contribution in [-0.4, -0.2) is 51.0 Å². The summed E-state index contributed by atoms with van der Waals surface area (Å²) in [6.45, 7) is 2.17. The number of anilines is 1. The van der Waals surface area contributed by atoms with Crippen LogP contribution in [0.3, 0.4) is 0 Å². The zero-order valence-electron chi connectivity index (χ0n) is 13.7. The summed E-state index contributed by atoms with van der Waals surface area (Å²) in [6.07, 6.45) is 6.14. The molecule has 132 valence electrons. The molecule has 2 N–H and O–H groups in total. The monoisotopic (exact) mass is 361 g/mol. The van der Waals surface area contributed by atoms with Gasteiger partial charge in [-0.25, -0.2) is 15.0 Å². The lowest BCUT2D eigenvalue weighted by Gasteiger charge is -2.11. The molecule has 3 aromatic rings. The highest BCUT2D eigenvalue weighted by atomic mass is 35.5. The van der Waals surface area contributed by atoms with Crippen LogP contribution in [0, 0.1) is 0 Å². The Hall–Kier alpha value is -2.22. The van der Waals surface area contributed by atoms with E-state index in [2.05, 4.69) is 20.3 Å². The van der Waals surface area contributed by atoms with Crippen LogP contribution in [0.4, 0.5) is 5.82 Å². The third-order valence-electron chi connectivity index (χ3n) is 3.63. The molecule has 0 saturated heterocycles. The zero-order valence-corrected chi connectivity index (χ0v) is 14.5. The Bertz CT molecular complexity index is 810. The average Bonchev–Trinajstić information content (AvgIpc) is 3.13. The molecule has 0 aliphatic rings. The smallest absolute Gasteiger partial charge is 0.137 e. The summed E-state index contributed by atoms with van der Waals surface area (Å²) in [4.78, 5) is 13.3. The molecule has 0 amide bonds. The maximum absolute atomic E-state index is 8.74. The molecule has 0 aliphatic heterocycles. The van der Waals surface area contributed by atoms with Crippen LogP contribution in [0.5, 0.6) is 0 Å². The minimum Gasteiger partial charge on any atom is -0.394 e. The normalized spacial score (nSPS) is 11.1. The molecule has 0 aliphatic carbocycles. The largest absolute Gasteiger partial charge is 0.394 e. The molecule has 0 fully saturated rings. The van der Waals surface area contributed by atoms with Gasteiger partial charge in [0.1, 0.15) is 11.6 Å². The van der Waals surface area contributed by atoms with E-state index in [1.165, 1.54) is 0 Å². The predicted octanol–water partition coefficient (Wildman–Crippen LogP) is 2.14. The summed E-state index contributed by atoms with van der Waals surface area (Å²) in [7, 11) is 0. The maximum atomic E-state index is 8.74. The van der Waals surface area contributed by atoms with E-state index in [1.807, 2.05) is 29.0 Å². The molecule has 0 saturated carbocycles. The van der Waals surface area contributed by atoms with Crippen molar-refractivity contribution in [2.24, 2.45) is 0 Å². The minimum absolute atomic E-state index is 0.0183. The molecular formula is C17H20ClN5O2. The Labute approximate surface area is 150 Å². The number of benzene rings is 1. The first kappa shape index (κ1) is 17.6. The molecule has 0 radical (unpaired) electrons. The molecule has 0 unspecified atom stereocenters. The minimum atomic E-state index is 0.0183. The number of aliphatic hydroxyl groups is 1. The number of fused-ring (bicyclic) bond motifs is 1. The van der Waals surface area contributed by atoms with Gasteiger partial charge in [-0.15, -0.1) is 0 Å². The second-order valence-corrected chi connectivity index (χ2v) is 5.90. The predicted molar refractivity (Wildman–Crippen MR) is 96.9 cm³/mol. The zero-order chi connectivity index (χ0) is 17.5. The summed E-state index contributed by atoms with van der Waals surface area (Å²) in [5.74, 6) is 1.49. The van der Waals surface area contributed by atoms with Crippen molar-refractivity contribution in [2.75, 3.05) is 31.7 Å². The molecule has 2 heterocycles. The van der Waals surface area contributed by atoms with Crippen molar-refractivity contribution in [1.82, 2.24) is 19.5 Å². The number of aliphatic hydroxyl groups excluding tert-OH is 1. The first-order valence-electron chi connectivity index (χ1n) is 8.10. The number of rotatable bonds is 9. The van der Waals surface area contributed by atoms with Crippen molar-refractivity contribution < 1.29 is 9.84 Å². The van der Waals surface area contributed by atoms with Gasteiger partial charge in [-0.1, -0.05) is 11.6 Å². The molecule has 8 heteroatoms. The van der Waals surface area contributed by atoms with E-state index in [9.17, 15) is 0 Å². The summed E-state index contributed by atoms with van der Waals surface area (Å²) in [5, 5.41) is 13.5. The lowest BCUT2D eigenvalue weighted by Crippen LogP contribution is -2.13. The number of nitrogens with one attached hydrogen (secondary N) is 1. The van der Waals surface area contributed by atoms with E-state index in [1.54, 1.807) is 12.5 Å². The molecule has 3 rings (SSSR count). The number of halogens is 1. The molecule has 2 aromatic heterocycles. The number of nitrogens with zero attached hydrogens (tertiary/aromatic N) is 4. The maximum Gasteiger partial charge on any atom is 0.137 e. The number of hydrogen-bond donors (Lipinski definition) is 2. The van der Waals surface area contributed by atoms with Gasteiger partial charge >= 0.3 is 0 Å². The topological polar surface area (TPSA) is 85.1 Å². The van der Waals surface area contributed by atoms with Crippen molar-refractivity contribution >= 4 is 28.3 Å². The number of aromatic nitrogens is 4. The van der Waals surface area contributed by atoms with Crippen LogP contribution in [0.1, 0.15) is 5.82 Å². The molecule has 0 bridgehead atoms. The summed E-state index contributed by atoms with van der Waals surface area (Å²) in [5.41, 5.74) is 0.846. The molecule has 0 spiro atoms. The quantitative estimate of drug-likeness (QED) is 0.568. The van der Waals surface area contributed by atoms with Gasteiger partial charge in [-0.3, -0.25) is 0 Å². The fourth-order valence-corrected chi connectivity index (χ4v) is 2.62. The number of aryl methyl sites for hydroxylation is 2. The van der Waals surface area contributed by atoms with Gasteiger partial charge in [-0.05, 0) is 18.2 Å². The van der Waals surface area contributed by atoms with Gasteiger partial charge in [0.15, 0.2) is 0 Å². The van der Waals surface area contributed by atoms with Gasteiger partial charge in [0.25, 0.3) is 0 Å². The van der Waals surface area contributed by atoms with Crippen LogP contribution in [0.15, 0.2) is 36.9 Å². The van der Waals surface area contributed by atoms with Crippen molar-refractivity contribution in [3.8, 4) is 0 Å². The Morgan fingerprint density at radius 3 is 2.96 bits per heavy atom. The van der Waals surface area contributed by atoms with Crippen molar-refractivity contribution in [3.63, 3.8) is 0 Å². The molecule has 25 heavy (non-hydrogen) atoms. The van der Waals surface area contributed by atoms with E-state index in [-0.39, 0.29) is 6.61 Å². The Morgan fingerprint density at radius 2 is 2.16 bits per heavy atom. The number of imidazole rings is 1. The van der Waals surface area contributed by atoms with E-state index < -0.39 is 0 Å². The standard InChI is InChI=1S/C17H20ClN5O2/c18-13-1-2-15-14(11-13)17(20-5-9-25-10-8-24)22-16(21-15)3-6-23-7-4-19-12-23/h1-2,4,7,11-12,24H,3,5-6,8-10H2,(H,20,21,22). The summed E-state index contributed by atoms with van der Waals surface area (Å²) in [6, 6.07) is 5.58. The van der Waals surface area contributed by atoms with E-state index >= 15 is 0 Å². The Balaban J connectivity index is 1.77. The van der Waals surface area contributed by atoms with Crippen LogP contribution >= 0.6 is 11.6 Å². The molecular weight excluding hydrogens is 342 g/mol. The van der Waals surface area contributed by atoms with Crippen LogP contribution in [0.25, 0.3) is 10.9 Å². The number of hydrogen-bond acceptors (Lipinski definition) is 6.